The Kier molecular flexibility index (Phi) is 3.60. The standard InChI is InChI=1S/C13H16BrN/c14-12-6-4-10(5-7-12)8-11-2-1-3-13(15)9-11/h4-8,13H,1-3,9,15H2. The van der Waals surface area contributed by atoms with E-state index < -0.39 is 0 Å². The molecule has 0 bridgehead atoms. The third kappa shape index (κ3) is 3.18. The van der Waals surface area contributed by atoms with Crippen LogP contribution in [0.1, 0.15) is 31.2 Å². The molecule has 2 heteroatoms. The molecule has 1 saturated carbocycles. The highest BCUT2D eigenvalue weighted by molar-refractivity contribution is 9.10. The minimum atomic E-state index is 0.375. The van der Waals surface area contributed by atoms with Crippen molar-refractivity contribution >= 4 is 22.0 Å². The molecule has 0 aromatic heterocycles. The van der Waals surface area contributed by atoms with Crippen LogP contribution in [0.2, 0.25) is 0 Å². The lowest BCUT2D eigenvalue weighted by atomic mass is 9.90. The average molecular weight is 266 g/mol. The Morgan fingerprint density at radius 3 is 2.67 bits per heavy atom. The van der Waals surface area contributed by atoms with Gasteiger partial charge in [0.05, 0.1) is 0 Å². The Balaban J connectivity index is 2.11. The van der Waals surface area contributed by atoms with Gasteiger partial charge in [0.15, 0.2) is 0 Å². The van der Waals surface area contributed by atoms with Crippen LogP contribution < -0.4 is 5.73 Å². The molecule has 1 aliphatic rings. The monoisotopic (exact) mass is 265 g/mol. The van der Waals surface area contributed by atoms with E-state index in [2.05, 4.69) is 46.3 Å². The zero-order valence-electron chi connectivity index (χ0n) is 8.75. The van der Waals surface area contributed by atoms with Crippen LogP contribution in [0, 0.1) is 0 Å². The molecule has 15 heavy (non-hydrogen) atoms. The van der Waals surface area contributed by atoms with Gasteiger partial charge in [-0.15, -0.1) is 0 Å². The highest BCUT2D eigenvalue weighted by Gasteiger charge is 2.12. The fourth-order valence-electron chi connectivity index (χ4n) is 2.06. The maximum absolute atomic E-state index is 5.95. The molecule has 0 amide bonds. The van der Waals surface area contributed by atoms with Crippen molar-refractivity contribution in [1.82, 2.24) is 0 Å². The van der Waals surface area contributed by atoms with Gasteiger partial charge in [-0.2, -0.15) is 0 Å². The van der Waals surface area contributed by atoms with E-state index in [0.717, 1.165) is 10.9 Å². The molecular formula is C13H16BrN. The van der Waals surface area contributed by atoms with E-state index >= 15 is 0 Å². The molecule has 0 heterocycles. The van der Waals surface area contributed by atoms with Crippen molar-refractivity contribution in [2.75, 3.05) is 0 Å². The van der Waals surface area contributed by atoms with Crippen molar-refractivity contribution < 1.29 is 0 Å². The maximum Gasteiger partial charge on any atom is 0.0175 e. The minimum Gasteiger partial charge on any atom is -0.327 e. The summed E-state index contributed by atoms with van der Waals surface area (Å²) >= 11 is 3.44. The highest BCUT2D eigenvalue weighted by atomic mass is 79.9. The second-order valence-electron chi connectivity index (χ2n) is 4.21. The molecule has 1 aromatic carbocycles. The lowest BCUT2D eigenvalue weighted by Crippen LogP contribution is -2.23. The molecule has 1 nitrogen and oxygen atoms in total. The Morgan fingerprint density at radius 1 is 1.27 bits per heavy atom. The van der Waals surface area contributed by atoms with Gasteiger partial charge in [-0.25, -0.2) is 0 Å². The van der Waals surface area contributed by atoms with Crippen molar-refractivity contribution in [3.63, 3.8) is 0 Å². The van der Waals surface area contributed by atoms with Crippen LogP contribution in [0.25, 0.3) is 6.08 Å². The number of halogens is 1. The average Bonchev–Trinajstić information content (AvgIpc) is 2.22. The maximum atomic E-state index is 5.95. The summed E-state index contributed by atoms with van der Waals surface area (Å²) in [5.41, 5.74) is 8.73. The second kappa shape index (κ2) is 4.95. The first-order chi connectivity index (χ1) is 7.24. The molecule has 0 aliphatic heterocycles. The van der Waals surface area contributed by atoms with Crippen molar-refractivity contribution in [1.29, 1.82) is 0 Å². The van der Waals surface area contributed by atoms with Gasteiger partial charge in [-0.1, -0.05) is 39.7 Å². The van der Waals surface area contributed by atoms with Gasteiger partial charge >= 0.3 is 0 Å². The summed E-state index contributed by atoms with van der Waals surface area (Å²) in [5, 5.41) is 0. The molecular weight excluding hydrogens is 250 g/mol. The first-order valence-electron chi connectivity index (χ1n) is 5.44. The van der Waals surface area contributed by atoms with E-state index in [4.69, 9.17) is 5.73 Å². The molecule has 0 spiro atoms. The van der Waals surface area contributed by atoms with Gasteiger partial charge in [0.25, 0.3) is 0 Å². The van der Waals surface area contributed by atoms with Crippen molar-refractivity contribution in [2.24, 2.45) is 5.73 Å². The number of hydrogen-bond acceptors (Lipinski definition) is 1. The molecule has 1 atom stereocenters. The van der Waals surface area contributed by atoms with Gasteiger partial charge in [0, 0.05) is 10.5 Å². The summed E-state index contributed by atoms with van der Waals surface area (Å²) < 4.78 is 1.13. The zero-order valence-corrected chi connectivity index (χ0v) is 10.3. The fourth-order valence-corrected chi connectivity index (χ4v) is 2.32. The molecule has 1 aliphatic carbocycles. The number of nitrogens with two attached hydrogens (primary N) is 1. The summed E-state index contributed by atoms with van der Waals surface area (Å²) in [7, 11) is 0. The van der Waals surface area contributed by atoms with Crippen molar-refractivity contribution in [3.05, 3.63) is 39.9 Å². The Bertz CT molecular complexity index is 353. The Morgan fingerprint density at radius 2 is 2.00 bits per heavy atom. The molecule has 0 saturated heterocycles. The van der Waals surface area contributed by atoms with Crippen molar-refractivity contribution in [3.8, 4) is 0 Å². The van der Waals surface area contributed by atoms with E-state index in [-0.39, 0.29) is 0 Å². The first-order valence-corrected chi connectivity index (χ1v) is 6.24. The predicted molar refractivity (Wildman–Crippen MR) is 68.6 cm³/mol. The third-order valence-electron chi connectivity index (χ3n) is 2.84. The summed E-state index contributed by atoms with van der Waals surface area (Å²) in [5.74, 6) is 0. The number of rotatable bonds is 1. The molecule has 2 rings (SSSR count). The van der Waals surface area contributed by atoms with Crippen LogP contribution in [-0.4, -0.2) is 6.04 Å². The Hall–Kier alpha value is -0.600. The molecule has 0 radical (unpaired) electrons. The van der Waals surface area contributed by atoms with Crippen LogP contribution in [0.15, 0.2) is 34.3 Å². The van der Waals surface area contributed by atoms with Gasteiger partial charge in [-0.05, 0) is 43.4 Å². The molecule has 1 unspecified atom stereocenters. The smallest absolute Gasteiger partial charge is 0.0175 e. The third-order valence-corrected chi connectivity index (χ3v) is 3.37. The summed E-state index contributed by atoms with van der Waals surface area (Å²) in [6.45, 7) is 0. The van der Waals surface area contributed by atoms with E-state index in [1.807, 2.05) is 0 Å². The van der Waals surface area contributed by atoms with Gasteiger partial charge in [-0.3, -0.25) is 0 Å². The predicted octanol–water partition coefficient (Wildman–Crippen LogP) is 3.73. The van der Waals surface area contributed by atoms with E-state index in [1.165, 1.54) is 30.4 Å². The zero-order chi connectivity index (χ0) is 10.7. The van der Waals surface area contributed by atoms with Crippen LogP contribution >= 0.6 is 15.9 Å². The lowest BCUT2D eigenvalue weighted by molar-refractivity contribution is 0.520. The van der Waals surface area contributed by atoms with E-state index in [1.54, 1.807) is 0 Å². The van der Waals surface area contributed by atoms with Crippen molar-refractivity contribution in [2.45, 2.75) is 31.7 Å². The lowest BCUT2D eigenvalue weighted by Gasteiger charge is -2.20. The second-order valence-corrected chi connectivity index (χ2v) is 5.13. The molecule has 2 N–H and O–H groups in total. The largest absolute Gasteiger partial charge is 0.327 e. The quantitative estimate of drug-likeness (QED) is 0.823. The first kappa shape index (κ1) is 10.9. The van der Waals surface area contributed by atoms with Gasteiger partial charge in [0.1, 0.15) is 0 Å². The minimum absolute atomic E-state index is 0.375. The van der Waals surface area contributed by atoms with Gasteiger partial charge < -0.3 is 5.73 Å². The van der Waals surface area contributed by atoms with Gasteiger partial charge in [0.2, 0.25) is 0 Å². The van der Waals surface area contributed by atoms with Crippen LogP contribution in [-0.2, 0) is 0 Å². The normalized spacial score (nSPS) is 24.4. The fraction of sp³-hybridized carbons (Fsp3) is 0.385. The van der Waals surface area contributed by atoms with Crippen LogP contribution in [0.4, 0.5) is 0 Å². The summed E-state index contributed by atoms with van der Waals surface area (Å²) in [6.07, 6.45) is 6.98. The topological polar surface area (TPSA) is 26.0 Å². The van der Waals surface area contributed by atoms with E-state index in [9.17, 15) is 0 Å². The molecule has 1 aromatic rings. The summed E-state index contributed by atoms with van der Waals surface area (Å²) in [4.78, 5) is 0. The molecule has 1 fully saturated rings. The summed E-state index contributed by atoms with van der Waals surface area (Å²) in [6, 6.07) is 8.80. The Labute approximate surface area is 99.5 Å². The van der Waals surface area contributed by atoms with Crippen LogP contribution in [0.5, 0.6) is 0 Å². The number of benzene rings is 1. The molecule has 80 valence electrons. The number of hydrogen-bond donors (Lipinski definition) is 1. The highest BCUT2D eigenvalue weighted by Crippen LogP contribution is 2.24. The van der Waals surface area contributed by atoms with E-state index in [0.29, 0.717) is 6.04 Å². The SMILES string of the molecule is NC1CCCC(=Cc2ccc(Br)cc2)C1. The van der Waals surface area contributed by atoms with Crippen LogP contribution in [0.3, 0.4) is 0 Å².